The maximum atomic E-state index is 2.39. The molecule has 1 nitrogen and oxygen atoms in total. The molecule has 0 aromatic carbocycles. The minimum Gasteiger partial charge on any atom is -0.328 e. The summed E-state index contributed by atoms with van der Waals surface area (Å²) < 4.78 is 1.28. The van der Waals surface area contributed by atoms with Crippen molar-refractivity contribution < 1.29 is 4.48 Å². The van der Waals surface area contributed by atoms with Crippen LogP contribution in [0, 0.1) is 11.8 Å². The van der Waals surface area contributed by atoms with Gasteiger partial charge in [0.2, 0.25) is 0 Å². The number of likely N-dealkylation sites (tertiary alicyclic amines) is 1. The second-order valence-electron chi connectivity index (χ2n) is 5.18. The van der Waals surface area contributed by atoms with E-state index in [0.29, 0.717) is 0 Å². The van der Waals surface area contributed by atoms with Gasteiger partial charge < -0.3 is 4.48 Å². The minimum atomic E-state index is 1.07. The summed E-state index contributed by atoms with van der Waals surface area (Å²) in [6.07, 6.45) is 6.09. The molecule has 2 unspecified atom stereocenters. The highest BCUT2D eigenvalue weighted by Crippen LogP contribution is 2.37. The van der Waals surface area contributed by atoms with Crippen LogP contribution in [0.1, 0.15) is 25.7 Å². The molecule has 1 heterocycles. The number of fused-ring (bicyclic) bond motifs is 2. The maximum Gasteiger partial charge on any atom is 0.0811 e. The Morgan fingerprint density at radius 3 is 2.55 bits per heavy atom. The monoisotopic (exact) mass is 154 g/mol. The van der Waals surface area contributed by atoms with Gasteiger partial charge in [0.15, 0.2) is 0 Å². The van der Waals surface area contributed by atoms with Crippen molar-refractivity contribution in [1.29, 1.82) is 0 Å². The van der Waals surface area contributed by atoms with E-state index in [-0.39, 0.29) is 0 Å². The summed E-state index contributed by atoms with van der Waals surface area (Å²) >= 11 is 0. The Hall–Kier alpha value is -0.0400. The fourth-order valence-corrected chi connectivity index (χ4v) is 2.93. The van der Waals surface area contributed by atoms with Crippen molar-refractivity contribution in [2.45, 2.75) is 25.7 Å². The van der Waals surface area contributed by atoms with E-state index in [1.165, 1.54) is 36.8 Å². The van der Waals surface area contributed by atoms with Crippen LogP contribution in [0.2, 0.25) is 0 Å². The molecule has 0 spiro atoms. The highest BCUT2D eigenvalue weighted by molar-refractivity contribution is 4.77. The zero-order valence-electron chi connectivity index (χ0n) is 7.84. The van der Waals surface area contributed by atoms with Gasteiger partial charge in [-0.3, -0.25) is 0 Å². The first-order chi connectivity index (χ1) is 5.16. The molecule has 2 bridgehead atoms. The van der Waals surface area contributed by atoms with Crippen LogP contribution in [-0.4, -0.2) is 31.7 Å². The summed E-state index contributed by atoms with van der Waals surface area (Å²) in [4.78, 5) is 0. The summed E-state index contributed by atoms with van der Waals surface area (Å²) in [7, 11) is 4.78. The SMILES string of the molecule is C[N+]1(C)CCC2CCC(C2)C1. The molecule has 0 amide bonds. The molecule has 0 aromatic rings. The number of rotatable bonds is 0. The van der Waals surface area contributed by atoms with Gasteiger partial charge in [-0.25, -0.2) is 0 Å². The van der Waals surface area contributed by atoms with E-state index in [2.05, 4.69) is 14.1 Å². The fourth-order valence-electron chi connectivity index (χ4n) is 2.93. The van der Waals surface area contributed by atoms with Gasteiger partial charge in [0.05, 0.1) is 27.2 Å². The van der Waals surface area contributed by atoms with E-state index in [4.69, 9.17) is 0 Å². The molecule has 1 heteroatoms. The average molecular weight is 154 g/mol. The summed E-state index contributed by atoms with van der Waals surface area (Å²) in [6.45, 7) is 2.86. The molecule has 0 radical (unpaired) electrons. The van der Waals surface area contributed by atoms with E-state index in [0.717, 1.165) is 11.8 Å². The normalized spacial score (nSPS) is 42.0. The molecule has 64 valence electrons. The summed E-state index contributed by atoms with van der Waals surface area (Å²) in [6, 6.07) is 0. The van der Waals surface area contributed by atoms with Crippen LogP contribution in [0.4, 0.5) is 0 Å². The number of nitrogens with zero attached hydrogens (tertiary/aromatic N) is 1. The predicted molar refractivity (Wildman–Crippen MR) is 47.3 cm³/mol. The van der Waals surface area contributed by atoms with Crippen LogP contribution in [-0.2, 0) is 0 Å². The molecular weight excluding hydrogens is 134 g/mol. The Morgan fingerprint density at radius 2 is 1.73 bits per heavy atom. The number of hydrogen-bond acceptors (Lipinski definition) is 0. The molecular formula is C10H20N+. The third-order valence-electron chi connectivity index (χ3n) is 3.54. The third kappa shape index (κ3) is 1.58. The van der Waals surface area contributed by atoms with Crippen LogP contribution in [0.25, 0.3) is 0 Å². The maximum absolute atomic E-state index is 2.39. The standard InChI is InChI=1S/C10H20N/c1-11(2)6-5-9-3-4-10(7-9)8-11/h9-10H,3-8H2,1-2H3/q+1. The second-order valence-corrected chi connectivity index (χ2v) is 5.18. The fraction of sp³-hybridized carbons (Fsp3) is 1.00. The summed E-state index contributed by atoms with van der Waals surface area (Å²) in [5.41, 5.74) is 0. The van der Waals surface area contributed by atoms with Crippen LogP contribution in [0.5, 0.6) is 0 Å². The quantitative estimate of drug-likeness (QED) is 0.467. The predicted octanol–water partition coefficient (Wildman–Crippen LogP) is 1.88. The second kappa shape index (κ2) is 2.48. The largest absolute Gasteiger partial charge is 0.328 e. The highest BCUT2D eigenvalue weighted by atomic mass is 15.3. The highest BCUT2D eigenvalue weighted by Gasteiger charge is 2.34. The minimum absolute atomic E-state index is 1.07. The molecule has 11 heavy (non-hydrogen) atoms. The Kier molecular flexibility index (Phi) is 1.71. The van der Waals surface area contributed by atoms with Crippen molar-refractivity contribution in [3.8, 4) is 0 Å². The topological polar surface area (TPSA) is 0 Å². The van der Waals surface area contributed by atoms with Crippen molar-refractivity contribution in [1.82, 2.24) is 0 Å². The zero-order chi connectivity index (χ0) is 7.90. The number of quaternary nitrogens is 1. The van der Waals surface area contributed by atoms with E-state index < -0.39 is 0 Å². The Labute approximate surface area is 70.0 Å². The van der Waals surface area contributed by atoms with Gasteiger partial charge in [0.25, 0.3) is 0 Å². The van der Waals surface area contributed by atoms with E-state index in [9.17, 15) is 0 Å². The molecule has 0 N–H and O–H groups in total. The molecule has 0 aromatic heterocycles. The first-order valence-electron chi connectivity index (χ1n) is 4.98. The first-order valence-corrected chi connectivity index (χ1v) is 4.98. The van der Waals surface area contributed by atoms with E-state index >= 15 is 0 Å². The first kappa shape index (κ1) is 7.60. The van der Waals surface area contributed by atoms with Gasteiger partial charge in [-0.05, 0) is 31.6 Å². The van der Waals surface area contributed by atoms with E-state index in [1.807, 2.05) is 0 Å². The van der Waals surface area contributed by atoms with Gasteiger partial charge >= 0.3 is 0 Å². The van der Waals surface area contributed by atoms with Crippen molar-refractivity contribution in [2.24, 2.45) is 11.8 Å². The van der Waals surface area contributed by atoms with E-state index in [1.54, 1.807) is 6.42 Å². The van der Waals surface area contributed by atoms with Crippen LogP contribution >= 0.6 is 0 Å². The number of hydrogen-bond donors (Lipinski definition) is 0. The Balaban J connectivity index is 2.05. The van der Waals surface area contributed by atoms with Gasteiger partial charge in [-0.2, -0.15) is 0 Å². The van der Waals surface area contributed by atoms with Crippen molar-refractivity contribution in [3.05, 3.63) is 0 Å². The molecule has 2 atom stereocenters. The molecule has 1 aliphatic carbocycles. The van der Waals surface area contributed by atoms with Gasteiger partial charge in [-0.15, -0.1) is 0 Å². The lowest BCUT2D eigenvalue weighted by Gasteiger charge is -2.31. The summed E-state index contributed by atoms with van der Waals surface area (Å²) in [5, 5.41) is 0. The van der Waals surface area contributed by atoms with Crippen molar-refractivity contribution >= 4 is 0 Å². The molecule has 1 saturated heterocycles. The molecule has 2 rings (SSSR count). The summed E-state index contributed by atoms with van der Waals surface area (Å²) in [5.74, 6) is 2.16. The lowest BCUT2D eigenvalue weighted by Crippen LogP contribution is -2.43. The Morgan fingerprint density at radius 1 is 1.00 bits per heavy atom. The Bertz CT molecular complexity index is 151. The third-order valence-corrected chi connectivity index (χ3v) is 3.54. The van der Waals surface area contributed by atoms with Gasteiger partial charge in [0, 0.05) is 5.92 Å². The van der Waals surface area contributed by atoms with Gasteiger partial charge in [-0.1, -0.05) is 0 Å². The lowest BCUT2D eigenvalue weighted by atomic mass is 10.0. The van der Waals surface area contributed by atoms with Crippen molar-refractivity contribution in [2.75, 3.05) is 27.2 Å². The molecule has 2 aliphatic rings. The smallest absolute Gasteiger partial charge is 0.0811 e. The molecule has 1 aliphatic heterocycles. The molecule has 2 fully saturated rings. The molecule has 1 saturated carbocycles. The lowest BCUT2D eigenvalue weighted by molar-refractivity contribution is -0.893. The van der Waals surface area contributed by atoms with Gasteiger partial charge in [0.1, 0.15) is 0 Å². The average Bonchev–Trinajstić information content (AvgIpc) is 2.24. The van der Waals surface area contributed by atoms with Crippen LogP contribution in [0.3, 0.4) is 0 Å². The zero-order valence-corrected chi connectivity index (χ0v) is 7.84. The van der Waals surface area contributed by atoms with Crippen molar-refractivity contribution in [3.63, 3.8) is 0 Å². The van der Waals surface area contributed by atoms with Crippen LogP contribution in [0.15, 0.2) is 0 Å². The van der Waals surface area contributed by atoms with Crippen LogP contribution < -0.4 is 0 Å².